The molecule has 664 valence electrons. The van der Waals surface area contributed by atoms with Gasteiger partial charge in [0.2, 0.25) is 5.91 Å². The molecule has 34 nitrogen and oxygen atoms in total. The van der Waals surface area contributed by atoms with E-state index in [4.69, 9.17) is 19.0 Å². The average molecular weight is 1740 g/mol. The number of nitrogens with two attached hydrogens (primary N) is 1. The first-order valence-corrected chi connectivity index (χ1v) is 40.5. The van der Waals surface area contributed by atoms with Crippen LogP contribution in [0.15, 0.2) is 170 Å². The van der Waals surface area contributed by atoms with E-state index < -0.39 is 65.5 Å². The van der Waals surface area contributed by atoms with Crippen LogP contribution in [0.1, 0.15) is 124 Å². The summed E-state index contributed by atoms with van der Waals surface area (Å²) in [6.45, 7) is 11.2. The number of carboxylic acids is 5. The van der Waals surface area contributed by atoms with E-state index in [9.17, 15) is 88.8 Å². The van der Waals surface area contributed by atoms with E-state index in [-0.39, 0.29) is 115 Å². The van der Waals surface area contributed by atoms with E-state index in [1.54, 1.807) is 175 Å². The van der Waals surface area contributed by atoms with Crippen LogP contribution in [-0.4, -0.2) is 180 Å². The summed E-state index contributed by atoms with van der Waals surface area (Å²) >= 11 is 0. The zero-order valence-electron chi connectivity index (χ0n) is 71.9. The molecule has 2 amide bonds. The smallest absolute Gasteiger partial charge is 0.336 e. The first-order valence-electron chi connectivity index (χ1n) is 40.5. The SMILES string of the molecule is CN=C(NC)NCCC[C@@H](N)C(=O)NCc1c(O)c(C)cc2c(-c3ccccc3C(=O)O)c3cc(C)c(=O)cc-3oc12.CN=C(NC)NCCC[C@H](NC(=O)c1c(O)c(C)cc2c(-c3ccccc3C(=O)O)c3cc(C)c(=O)cc-3oc12)C(=O)O.CN=C(NC)NCCC[C@H](NCc1c(O)c(C)cc2c(-c3ccccc3C(=O)O)c3cc(C)c(=O)cc-3oc12)C(=O)O. The van der Waals surface area contributed by atoms with Gasteiger partial charge in [0, 0.05) is 136 Å². The Morgan fingerprint density at radius 2 is 0.732 bits per heavy atom. The van der Waals surface area contributed by atoms with Crippen molar-refractivity contribution in [1.29, 1.82) is 0 Å². The second kappa shape index (κ2) is 41.8. The maximum Gasteiger partial charge on any atom is 0.336 e. The minimum atomic E-state index is -1.30. The zero-order chi connectivity index (χ0) is 92.5. The Labute approximate surface area is 727 Å². The molecule has 0 unspecified atom stereocenters. The molecule has 6 aliphatic rings. The van der Waals surface area contributed by atoms with Crippen LogP contribution >= 0.6 is 0 Å². The van der Waals surface area contributed by atoms with Crippen LogP contribution in [-0.2, 0) is 27.5 Å². The number of carboxylic acid groups (broad SMARTS) is 5. The number of carbonyl (C=O) groups is 7. The summed E-state index contributed by atoms with van der Waals surface area (Å²) in [6, 6.07) is 30.3. The van der Waals surface area contributed by atoms with Crippen LogP contribution < -0.4 is 69.9 Å². The predicted octanol–water partition coefficient (Wildman–Crippen LogP) is 10.2. The van der Waals surface area contributed by atoms with Gasteiger partial charge >= 0.3 is 29.8 Å². The fourth-order valence-corrected chi connectivity index (χ4v) is 14.9. The molecule has 127 heavy (non-hydrogen) atoms. The van der Waals surface area contributed by atoms with E-state index in [2.05, 4.69) is 62.8 Å². The largest absolute Gasteiger partial charge is 0.507 e. The molecule has 0 radical (unpaired) electrons. The topological polar surface area (TPSA) is 543 Å². The van der Waals surface area contributed by atoms with E-state index >= 15 is 0 Å². The molecule has 0 fully saturated rings. The van der Waals surface area contributed by atoms with Crippen LogP contribution in [0.4, 0.5) is 0 Å². The molecule has 0 aromatic heterocycles. The molecule has 3 heterocycles. The van der Waals surface area contributed by atoms with Crippen molar-refractivity contribution in [2.24, 2.45) is 20.7 Å². The number of guanidine groups is 3. The quantitative estimate of drug-likeness (QED) is 0.00937. The summed E-state index contributed by atoms with van der Waals surface area (Å²) in [7, 11) is 10.1. The molecule has 34 heteroatoms. The Bertz CT molecular complexity index is 6430. The lowest BCUT2D eigenvalue weighted by molar-refractivity contribution is -0.140. The lowest BCUT2D eigenvalue weighted by atomic mass is 9.88. The number of nitrogens with one attached hydrogen (secondary N) is 9. The van der Waals surface area contributed by atoms with Gasteiger partial charge in [0.25, 0.3) is 5.91 Å². The molecule has 0 bridgehead atoms. The lowest BCUT2D eigenvalue weighted by Crippen LogP contribution is -2.42. The molecule has 0 spiro atoms. The van der Waals surface area contributed by atoms with Crippen LogP contribution in [0.2, 0.25) is 0 Å². The van der Waals surface area contributed by atoms with Crippen LogP contribution in [0.25, 0.3) is 100 Å². The molecule has 6 aromatic carbocycles. The minimum Gasteiger partial charge on any atom is -0.507 e. The van der Waals surface area contributed by atoms with Crippen molar-refractivity contribution in [3.05, 3.63) is 225 Å². The molecular weight excluding hydrogens is 1640 g/mol. The van der Waals surface area contributed by atoms with E-state index in [0.29, 0.717) is 169 Å². The Kier molecular flexibility index (Phi) is 31.0. The highest BCUT2D eigenvalue weighted by atomic mass is 16.4. The number of aromatic carboxylic acids is 3. The van der Waals surface area contributed by atoms with Crippen molar-refractivity contribution in [2.45, 2.75) is 111 Å². The van der Waals surface area contributed by atoms with Crippen molar-refractivity contribution in [2.75, 3.05) is 61.9 Å². The van der Waals surface area contributed by atoms with Crippen LogP contribution in [0.3, 0.4) is 0 Å². The van der Waals surface area contributed by atoms with Gasteiger partial charge in [-0.1, -0.05) is 54.6 Å². The van der Waals surface area contributed by atoms with Crippen molar-refractivity contribution in [3.8, 4) is 84.6 Å². The van der Waals surface area contributed by atoms with Gasteiger partial charge < -0.3 is 108 Å². The fraction of sp³-hybridized carbons (Fsp3) is 0.280. The van der Waals surface area contributed by atoms with Crippen LogP contribution in [0.5, 0.6) is 17.2 Å². The summed E-state index contributed by atoms with van der Waals surface area (Å²) < 4.78 is 18.5. The number of benzene rings is 9. The number of phenolic OH excluding ortho intramolecular Hbond substituents is 3. The number of phenols is 3. The van der Waals surface area contributed by atoms with Crippen molar-refractivity contribution >= 4 is 92.4 Å². The number of aliphatic imine (C=N–C) groups is 3. The second-order valence-corrected chi connectivity index (χ2v) is 30.0. The van der Waals surface area contributed by atoms with Gasteiger partial charge in [0.15, 0.2) is 39.7 Å². The number of aryl methyl sites for hydroxylation is 6. The Balaban J connectivity index is 0.000000199. The summed E-state index contributed by atoms with van der Waals surface area (Å²) in [6.07, 6.45) is 2.30. The number of hydrogen-bond donors (Lipinski definition) is 18. The number of carbonyl (C=O) groups excluding carboxylic acids is 2. The molecule has 3 aliphatic carbocycles. The summed E-state index contributed by atoms with van der Waals surface area (Å²) in [5.41, 5.74) is 12.7. The average Bonchev–Trinajstić information content (AvgIpc) is 0.743. The molecule has 3 atom stereocenters. The maximum atomic E-state index is 13.7. The first kappa shape index (κ1) is 94.1. The standard InChI is InChI=1S/C31H35N5O6.C31H32N4O8.C31H34N4O7/c1-16-12-20-25(14-24(16)37)42-28-21(26(20)18-8-5-6-9-19(18)30(40)41)13-17(2)27(38)22(28)15-36-29(39)23(32)10-7-11-35-31(33-3)34-4;1-15-12-19-23(14-22(15)36)43-27-20(24(19)17-8-5-6-9-18(17)29(39)40)13-16(2)26(37)25(27)28(38)35-21(30(41)42)10-7-11-34-31(32-3)33-4;1-16-12-20-25(14-24(16)36)42-28-21(26(20)18-8-5-6-9-19(18)29(38)39)13-17(2)27(37)22(28)15-35-23(30(40)41)10-7-11-34-31(32-3)33-4/h5-6,8-9,12-14,23,38H,7,10-11,15,32H2,1-4H3,(H,36,39)(H,40,41)(H2,33,34,35);5-6,8-9,12-14,21,37H,7,10-11H2,1-4H3,(H,35,38)(H,39,40)(H,41,42)(H2,32,33,34);5-6,8-9,12-14,23,35,37H,7,10-11,15H2,1-4H3,(H,38,39)(H,40,41)(H2,32,33,34)/t23-;21-;23-/m100/s1. The third-order valence-corrected chi connectivity index (χ3v) is 21.6. The number of aromatic hydroxyl groups is 3. The molecule has 12 rings (SSSR count). The van der Waals surface area contributed by atoms with Crippen molar-refractivity contribution in [3.63, 3.8) is 0 Å². The van der Waals surface area contributed by atoms with Gasteiger partial charge in [-0.05, 0) is 185 Å². The number of fused-ring (bicyclic) bond motifs is 6. The summed E-state index contributed by atoms with van der Waals surface area (Å²) in [5.74, 6) is -5.40. The zero-order valence-corrected chi connectivity index (χ0v) is 71.9. The molecule has 3 aliphatic heterocycles. The third kappa shape index (κ3) is 21.2. The van der Waals surface area contributed by atoms with E-state index in [1.165, 1.54) is 36.4 Å². The van der Waals surface area contributed by atoms with Gasteiger partial charge in [-0.2, -0.15) is 0 Å². The third-order valence-electron chi connectivity index (χ3n) is 21.6. The number of rotatable bonds is 28. The molecule has 6 aromatic rings. The highest BCUT2D eigenvalue weighted by molar-refractivity contribution is 6.16. The molecule has 0 saturated carbocycles. The van der Waals surface area contributed by atoms with Crippen molar-refractivity contribution < 1.29 is 87.7 Å². The Morgan fingerprint density at radius 1 is 0.402 bits per heavy atom. The van der Waals surface area contributed by atoms with Gasteiger partial charge in [-0.15, -0.1) is 0 Å². The number of hydrogen-bond acceptors (Lipinski definition) is 21. The number of amides is 2. The second-order valence-electron chi connectivity index (χ2n) is 30.0. The van der Waals surface area contributed by atoms with Gasteiger partial charge in [-0.25, -0.2) is 19.2 Å². The Hall–Kier alpha value is -15.2. The summed E-state index contributed by atoms with van der Waals surface area (Å²) in [4.78, 5) is 137. The van der Waals surface area contributed by atoms with E-state index in [0.717, 1.165) is 0 Å². The van der Waals surface area contributed by atoms with Crippen LogP contribution in [0, 0.1) is 41.5 Å². The molecule has 19 N–H and O–H groups in total. The Morgan fingerprint density at radius 3 is 1.09 bits per heavy atom. The highest BCUT2D eigenvalue weighted by Crippen LogP contribution is 2.49. The normalized spacial score (nSPS) is 12.3. The monoisotopic (exact) mass is 1740 g/mol. The summed E-state index contributed by atoms with van der Waals surface area (Å²) in [5, 5.41) is 110. The van der Waals surface area contributed by atoms with E-state index in [1.807, 2.05) is 0 Å². The van der Waals surface area contributed by atoms with Gasteiger partial charge in [-0.3, -0.25) is 43.7 Å². The predicted molar refractivity (Wildman–Crippen MR) is 484 cm³/mol. The van der Waals surface area contributed by atoms with Gasteiger partial charge in [0.05, 0.1) is 40.4 Å². The molecule has 0 saturated heterocycles. The number of aliphatic carboxylic acids is 2. The van der Waals surface area contributed by atoms with Crippen molar-refractivity contribution in [1.82, 2.24) is 47.9 Å². The first-order chi connectivity index (χ1) is 60.6. The fourth-order valence-electron chi connectivity index (χ4n) is 14.9. The lowest BCUT2D eigenvalue weighted by Gasteiger charge is -2.21. The maximum absolute atomic E-state index is 13.7. The minimum absolute atomic E-state index is 0.0222. The molecular formula is C93H101N13O21. The van der Waals surface area contributed by atoms with Gasteiger partial charge in [0.1, 0.15) is 63.3 Å². The highest BCUT2D eigenvalue weighted by Gasteiger charge is 2.33. The number of nitrogens with zero attached hydrogens (tertiary/aromatic N) is 3.